The molecule has 0 aromatic heterocycles. The van der Waals surface area contributed by atoms with E-state index in [0.29, 0.717) is 17.7 Å². The summed E-state index contributed by atoms with van der Waals surface area (Å²) in [4.78, 5) is 35.2. The number of amides is 2. The molecule has 0 bridgehead atoms. The van der Waals surface area contributed by atoms with Gasteiger partial charge in [0.15, 0.2) is 11.5 Å². The van der Waals surface area contributed by atoms with E-state index in [0.717, 1.165) is 22.7 Å². The quantitative estimate of drug-likeness (QED) is 0.315. The lowest BCUT2D eigenvalue weighted by molar-refractivity contribution is -0.385. The van der Waals surface area contributed by atoms with Gasteiger partial charge >= 0.3 is 11.9 Å². The Morgan fingerprint density at radius 2 is 1.81 bits per heavy atom. The van der Waals surface area contributed by atoms with Gasteiger partial charge in [-0.25, -0.2) is 0 Å². The van der Waals surface area contributed by atoms with Crippen LogP contribution in [-0.4, -0.2) is 34.6 Å². The summed E-state index contributed by atoms with van der Waals surface area (Å²) >= 11 is 0.771. The van der Waals surface area contributed by atoms with Gasteiger partial charge in [-0.15, -0.1) is 0 Å². The second-order valence-corrected chi connectivity index (χ2v) is 7.41. The number of rotatable bonds is 6. The minimum absolute atomic E-state index is 0.0236. The van der Waals surface area contributed by atoms with Crippen molar-refractivity contribution < 1.29 is 37.2 Å². The van der Waals surface area contributed by atoms with E-state index in [9.17, 15) is 32.9 Å². The molecule has 168 valence electrons. The van der Waals surface area contributed by atoms with E-state index >= 15 is 0 Å². The Morgan fingerprint density at radius 1 is 1.12 bits per heavy atom. The molecule has 32 heavy (non-hydrogen) atoms. The number of nitrogens with zero attached hydrogens (tertiary/aromatic N) is 2. The van der Waals surface area contributed by atoms with Gasteiger partial charge in [-0.05, 0) is 54.6 Å². The van der Waals surface area contributed by atoms with Crippen molar-refractivity contribution in [1.82, 2.24) is 4.90 Å². The van der Waals surface area contributed by atoms with Crippen LogP contribution < -0.4 is 9.47 Å². The second-order valence-electron chi connectivity index (χ2n) is 6.42. The van der Waals surface area contributed by atoms with Crippen LogP contribution in [0.3, 0.4) is 0 Å². The molecule has 0 radical (unpaired) electrons. The molecule has 0 spiro atoms. The van der Waals surface area contributed by atoms with Gasteiger partial charge in [-0.3, -0.25) is 24.6 Å². The Labute approximate surface area is 183 Å². The summed E-state index contributed by atoms with van der Waals surface area (Å²) in [6.07, 6.45) is -3.28. The highest BCUT2D eigenvalue weighted by Crippen LogP contribution is 2.41. The number of thioether (sulfide) groups is 1. The zero-order valence-electron chi connectivity index (χ0n) is 16.6. The monoisotopic (exact) mass is 468 g/mol. The van der Waals surface area contributed by atoms with Crippen LogP contribution >= 0.6 is 11.8 Å². The van der Waals surface area contributed by atoms with Crippen molar-refractivity contribution in [3.05, 3.63) is 62.5 Å². The summed E-state index contributed by atoms with van der Waals surface area (Å²) in [6, 6.07) is 6.33. The fourth-order valence-electron chi connectivity index (χ4n) is 2.71. The summed E-state index contributed by atoms with van der Waals surface area (Å²) in [5.41, 5.74) is -1.55. The van der Waals surface area contributed by atoms with Crippen LogP contribution in [0.1, 0.15) is 18.1 Å². The number of halogens is 3. The number of nitro groups is 1. The summed E-state index contributed by atoms with van der Waals surface area (Å²) in [7, 11) is 1.36. The molecule has 1 saturated heterocycles. The number of carbonyl (C=O) groups is 2. The Hall–Kier alpha value is -3.54. The Morgan fingerprint density at radius 3 is 2.38 bits per heavy atom. The molecule has 2 aromatic carbocycles. The second kappa shape index (κ2) is 8.91. The van der Waals surface area contributed by atoms with E-state index in [-0.39, 0.29) is 23.0 Å². The molecular weight excluding hydrogens is 453 g/mol. The van der Waals surface area contributed by atoms with Crippen molar-refractivity contribution in [3.8, 4) is 17.2 Å². The molecule has 3 rings (SSSR count). The van der Waals surface area contributed by atoms with Crippen LogP contribution in [-0.2, 0) is 11.0 Å². The number of hydrogen-bond acceptors (Lipinski definition) is 7. The summed E-state index contributed by atoms with van der Waals surface area (Å²) in [6.45, 7) is 1.87. The molecule has 12 heteroatoms. The molecule has 0 N–H and O–H groups in total. The van der Waals surface area contributed by atoms with Crippen molar-refractivity contribution in [2.45, 2.75) is 13.1 Å². The minimum Gasteiger partial charge on any atom is -0.490 e. The normalized spacial score (nSPS) is 15.4. The number of hydrogen-bond donors (Lipinski definition) is 0. The van der Waals surface area contributed by atoms with Gasteiger partial charge in [0.1, 0.15) is 0 Å². The molecule has 0 atom stereocenters. The smallest absolute Gasteiger partial charge is 0.416 e. The predicted octanol–water partition coefficient (Wildman–Crippen LogP) is 5.47. The Bertz CT molecular complexity index is 1130. The van der Waals surface area contributed by atoms with Gasteiger partial charge in [0.05, 0.1) is 22.0 Å². The number of benzene rings is 2. The first-order valence-electron chi connectivity index (χ1n) is 9.03. The van der Waals surface area contributed by atoms with Crippen LogP contribution in [0.5, 0.6) is 17.2 Å². The van der Waals surface area contributed by atoms with Crippen LogP contribution in [0.15, 0.2) is 41.3 Å². The van der Waals surface area contributed by atoms with Crippen LogP contribution in [0, 0.1) is 10.1 Å². The number of imide groups is 1. The molecule has 1 aliphatic rings. The highest BCUT2D eigenvalue weighted by molar-refractivity contribution is 8.18. The maximum Gasteiger partial charge on any atom is 0.416 e. The van der Waals surface area contributed by atoms with E-state index in [1.807, 2.05) is 0 Å². The fourth-order valence-corrected chi connectivity index (χ4v) is 3.53. The van der Waals surface area contributed by atoms with E-state index < -0.39 is 39.2 Å². The first-order valence-corrected chi connectivity index (χ1v) is 9.84. The molecule has 1 fully saturated rings. The first-order chi connectivity index (χ1) is 15.0. The number of carbonyl (C=O) groups excluding carboxylic acids is 2. The van der Waals surface area contributed by atoms with Crippen LogP contribution in [0.25, 0.3) is 6.08 Å². The average molecular weight is 468 g/mol. The molecule has 1 aliphatic heterocycles. The van der Waals surface area contributed by atoms with E-state index in [1.54, 1.807) is 6.92 Å². The van der Waals surface area contributed by atoms with Crippen LogP contribution in [0.4, 0.5) is 23.7 Å². The van der Waals surface area contributed by atoms with Gasteiger partial charge in [-0.1, -0.05) is 6.07 Å². The lowest BCUT2D eigenvalue weighted by Gasteiger charge is -2.13. The SMILES string of the molecule is CCOc1cc(/C=C2/SC(=O)N(C)C2=O)ccc1Oc1ccc(C(F)(F)F)cc1[N+](=O)[O-]. The number of likely N-dealkylation sites (N-methyl/N-ethyl adjacent to an activating group) is 1. The lowest BCUT2D eigenvalue weighted by Crippen LogP contribution is -2.22. The number of alkyl halides is 3. The maximum atomic E-state index is 12.9. The lowest BCUT2D eigenvalue weighted by atomic mass is 10.1. The molecule has 2 amide bonds. The third kappa shape index (κ3) is 4.85. The summed E-state index contributed by atoms with van der Waals surface area (Å²) in [5, 5.41) is 10.9. The highest BCUT2D eigenvalue weighted by Gasteiger charge is 2.34. The molecule has 2 aromatic rings. The van der Waals surface area contributed by atoms with Gasteiger partial charge in [-0.2, -0.15) is 13.2 Å². The topological polar surface area (TPSA) is 99.0 Å². The Balaban J connectivity index is 1.96. The third-order valence-electron chi connectivity index (χ3n) is 4.25. The standard InChI is InChI=1S/C20H15F3N2O6S/c1-3-30-16-8-11(9-17-18(26)24(2)19(27)32-17)4-6-15(16)31-14-7-5-12(20(21,22)23)10-13(14)25(28)29/h4-10H,3H2,1-2H3/b17-9+. The molecule has 0 saturated carbocycles. The third-order valence-corrected chi connectivity index (χ3v) is 5.22. The van der Waals surface area contributed by atoms with Crippen molar-refractivity contribution in [3.63, 3.8) is 0 Å². The molecule has 1 heterocycles. The van der Waals surface area contributed by atoms with Gasteiger partial charge in [0, 0.05) is 13.1 Å². The Kier molecular flexibility index (Phi) is 6.44. The summed E-state index contributed by atoms with van der Waals surface area (Å²) < 4.78 is 49.7. The predicted molar refractivity (Wildman–Crippen MR) is 110 cm³/mol. The number of nitro benzene ring substituents is 1. The molecular formula is C20H15F3N2O6S. The van der Waals surface area contributed by atoms with Crippen LogP contribution in [0.2, 0.25) is 0 Å². The average Bonchev–Trinajstić information content (AvgIpc) is 2.96. The van der Waals surface area contributed by atoms with Gasteiger partial charge in [0.25, 0.3) is 11.1 Å². The zero-order chi connectivity index (χ0) is 23.6. The summed E-state index contributed by atoms with van der Waals surface area (Å²) in [5.74, 6) is -0.691. The van der Waals surface area contributed by atoms with E-state index in [1.165, 1.54) is 31.3 Å². The maximum absolute atomic E-state index is 12.9. The van der Waals surface area contributed by atoms with Crippen molar-refractivity contribution in [2.24, 2.45) is 0 Å². The van der Waals surface area contributed by atoms with Crippen molar-refractivity contribution in [2.75, 3.05) is 13.7 Å². The fraction of sp³-hybridized carbons (Fsp3) is 0.200. The van der Waals surface area contributed by atoms with Crippen molar-refractivity contribution >= 4 is 34.7 Å². The first kappa shape index (κ1) is 23.1. The molecule has 0 unspecified atom stereocenters. The number of ether oxygens (including phenoxy) is 2. The van der Waals surface area contributed by atoms with Gasteiger partial charge in [0.2, 0.25) is 5.75 Å². The van der Waals surface area contributed by atoms with Crippen molar-refractivity contribution in [1.29, 1.82) is 0 Å². The van der Waals surface area contributed by atoms with Gasteiger partial charge < -0.3 is 9.47 Å². The minimum atomic E-state index is -4.75. The van der Waals surface area contributed by atoms with E-state index in [4.69, 9.17) is 9.47 Å². The van der Waals surface area contributed by atoms with E-state index in [2.05, 4.69) is 0 Å². The molecule has 8 nitrogen and oxygen atoms in total. The highest BCUT2D eigenvalue weighted by atomic mass is 32.2. The largest absolute Gasteiger partial charge is 0.490 e. The zero-order valence-corrected chi connectivity index (χ0v) is 17.5. The molecule has 0 aliphatic carbocycles.